The lowest BCUT2D eigenvalue weighted by Crippen LogP contribution is -2.60. The van der Waals surface area contributed by atoms with Gasteiger partial charge in [0.1, 0.15) is 18.1 Å². The van der Waals surface area contributed by atoms with Crippen LogP contribution in [-0.4, -0.2) is 91.1 Å². The fourth-order valence-electron chi connectivity index (χ4n) is 4.12. The lowest BCUT2D eigenvalue weighted by molar-refractivity contribution is -0.142. The molecule has 13 nitrogen and oxygen atoms in total. The molecule has 2 aromatic heterocycles. The van der Waals surface area contributed by atoms with Crippen LogP contribution in [0.25, 0.3) is 10.9 Å². The highest BCUT2D eigenvalue weighted by Crippen LogP contribution is 2.19. The van der Waals surface area contributed by atoms with Crippen LogP contribution in [0.15, 0.2) is 43.0 Å². The molecule has 0 aliphatic rings. The topological polar surface area (TPSA) is 215 Å². The third kappa shape index (κ3) is 8.31. The zero-order chi connectivity index (χ0) is 29.2. The highest BCUT2D eigenvalue weighted by Gasteiger charge is 2.33. The summed E-state index contributed by atoms with van der Waals surface area (Å²) in [5, 5.41) is 28.4. The van der Waals surface area contributed by atoms with E-state index in [9.17, 15) is 29.4 Å². The first-order valence-electron chi connectivity index (χ1n) is 12.7. The van der Waals surface area contributed by atoms with Gasteiger partial charge in [0.05, 0.1) is 18.5 Å². The first-order valence-corrected chi connectivity index (χ1v) is 14.1. The van der Waals surface area contributed by atoms with Crippen molar-refractivity contribution in [3.8, 4) is 0 Å². The first-order chi connectivity index (χ1) is 19.1. The average molecular weight is 574 g/mol. The number of aliphatic carboxylic acids is 1. The molecule has 216 valence electrons. The van der Waals surface area contributed by atoms with Gasteiger partial charge in [0, 0.05) is 41.8 Å². The van der Waals surface area contributed by atoms with Crippen molar-refractivity contribution in [3.05, 3.63) is 54.2 Å². The van der Waals surface area contributed by atoms with Gasteiger partial charge in [-0.15, -0.1) is 0 Å². The maximum absolute atomic E-state index is 13.3. The van der Waals surface area contributed by atoms with Crippen molar-refractivity contribution < 1.29 is 29.4 Å². The van der Waals surface area contributed by atoms with E-state index in [0.717, 1.165) is 10.9 Å². The van der Waals surface area contributed by atoms with Gasteiger partial charge in [0.15, 0.2) is 0 Å². The Hall–Kier alpha value is -3.88. The van der Waals surface area contributed by atoms with Gasteiger partial charge >= 0.3 is 5.97 Å². The number of carbonyl (C=O) groups is 4. The molecule has 9 N–H and O–H groups in total. The van der Waals surface area contributed by atoms with Crippen LogP contribution in [0.5, 0.6) is 0 Å². The number of carboxylic acid groups (broad SMARTS) is 1. The molecule has 3 aromatic rings. The number of thioether (sulfide) groups is 1. The molecule has 3 rings (SSSR count). The Bertz CT molecular complexity index is 1300. The lowest BCUT2D eigenvalue weighted by Gasteiger charge is -2.26. The Morgan fingerprint density at radius 3 is 2.40 bits per heavy atom. The SMILES string of the molecule is CSCCC(N)C(=O)NC(C(=O)NC(Cc1cnc[nH]1)C(=O)NC(Cc1c[nH]c2ccccc12)C(=O)O)C(C)O. The fourth-order valence-corrected chi connectivity index (χ4v) is 4.61. The number of benzene rings is 1. The van der Waals surface area contributed by atoms with Crippen LogP contribution in [0.2, 0.25) is 0 Å². The highest BCUT2D eigenvalue weighted by molar-refractivity contribution is 7.98. The third-order valence-electron chi connectivity index (χ3n) is 6.36. The molecule has 0 aliphatic heterocycles. The van der Waals surface area contributed by atoms with Gasteiger partial charge in [-0.25, -0.2) is 9.78 Å². The van der Waals surface area contributed by atoms with Crippen molar-refractivity contribution in [3.63, 3.8) is 0 Å². The number of rotatable bonds is 15. The van der Waals surface area contributed by atoms with Crippen LogP contribution in [0.3, 0.4) is 0 Å². The molecule has 5 unspecified atom stereocenters. The largest absolute Gasteiger partial charge is 0.480 e. The second-order valence-electron chi connectivity index (χ2n) is 9.42. The number of para-hydroxylation sites is 1. The molecule has 0 fully saturated rings. The van der Waals surface area contributed by atoms with Gasteiger partial charge in [0.2, 0.25) is 17.7 Å². The van der Waals surface area contributed by atoms with Crippen molar-refractivity contribution in [1.82, 2.24) is 30.9 Å². The number of hydrogen-bond acceptors (Lipinski definition) is 8. The molecule has 0 spiro atoms. The van der Waals surface area contributed by atoms with Crippen LogP contribution >= 0.6 is 11.8 Å². The van der Waals surface area contributed by atoms with E-state index in [1.165, 1.54) is 31.2 Å². The predicted octanol–water partition coefficient (Wildman–Crippen LogP) is -0.324. The number of imidazole rings is 1. The summed E-state index contributed by atoms with van der Waals surface area (Å²) >= 11 is 1.52. The molecule has 0 radical (unpaired) electrons. The minimum absolute atomic E-state index is 0.00387. The van der Waals surface area contributed by atoms with Gasteiger partial charge < -0.3 is 41.9 Å². The summed E-state index contributed by atoms with van der Waals surface area (Å²) in [5.41, 5.74) is 7.93. The number of nitrogens with zero attached hydrogens (tertiary/aromatic N) is 1. The van der Waals surface area contributed by atoms with Crippen LogP contribution in [0.1, 0.15) is 24.6 Å². The Labute approximate surface area is 235 Å². The molecule has 5 atom stereocenters. The Kier molecular flexibility index (Phi) is 11.1. The zero-order valence-corrected chi connectivity index (χ0v) is 23.0. The third-order valence-corrected chi connectivity index (χ3v) is 7.00. The number of aromatic amines is 2. The summed E-state index contributed by atoms with van der Waals surface area (Å²) < 4.78 is 0. The van der Waals surface area contributed by atoms with Gasteiger partial charge in [0.25, 0.3) is 0 Å². The molecule has 0 saturated carbocycles. The number of hydrogen-bond donors (Lipinski definition) is 8. The van der Waals surface area contributed by atoms with Crippen molar-refractivity contribution in [2.24, 2.45) is 5.73 Å². The number of H-pyrrole nitrogens is 2. The number of amides is 3. The van der Waals surface area contributed by atoms with E-state index in [1.807, 2.05) is 30.5 Å². The van der Waals surface area contributed by atoms with Crippen molar-refractivity contribution in [1.29, 1.82) is 0 Å². The van der Waals surface area contributed by atoms with E-state index < -0.39 is 54.0 Å². The molecule has 2 heterocycles. The van der Waals surface area contributed by atoms with Crippen molar-refractivity contribution in [2.45, 2.75) is 56.5 Å². The summed E-state index contributed by atoms with van der Waals surface area (Å²) in [5.74, 6) is -2.82. The van der Waals surface area contributed by atoms with Crippen LogP contribution < -0.4 is 21.7 Å². The minimum Gasteiger partial charge on any atom is -0.480 e. The van der Waals surface area contributed by atoms with E-state index in [4.69, 9.17) is 5.73 Å². The minimum atomic E-state index is -1.40. The molecule has 1 aromatic carbocycles. The number of fused-ring (bicyclic) bond motifs is 1. The van der Waals surface area contributed by atoms with E-state index in [1.54, 1.807) is 6.20 Å². The lowest BCUT2D eigenvalue weighted by atomic mass is 10.0. The summed E-state index contributed by atoms with van der Waals surface area (Å²) in [4.78, 5) is 61.0. The highest BCUT2D eigenvalue weighted by atomic mass is 32.2. The van der Waals surface area contributed by atoms with E-state index in [2.05, 4.69) is 30.9 Å². The average Bonchev–Trinajstić information content (AvgIpc) is 3.59. The molecule has 3 amide bonds. The molecule has 14 heteroatoms. The maximum Gasteiger partial charge on any atom is 0.326 e. The molecular formula is C26H35N7O6S. The van der Waals surface area contributed by atoms with Gasteiger partial charge in [-0.1, -0.05) is 18.2 Å². The standard InChI is InChI=1S/C26H35N7O6S/c1-14(34)22(33-23(35)18(27)7-8-40-2)25(37)31-20(10-16-12-28-13-30-16)24(36)32-21(26(38)39)9-15-11-29-19-6-4-3-5-17(15)19/h3-6,11-14,18,20-22,29,34H,7-10,27H2,1-2H3,(H,28,30)(H,31,37)(H,32,36)(H,33,35)(H,38,39). The Morgan fingerprint density at radius 2 is 1.75 bits per heavy atom. The summed E-state index contributed by atoms with van der Waals surface area (Å²) in [6.45, 7) is 1.32. The molecule has 0 saturated heterocycles. The summed E-state index contributed by atoms with van der Waals surface area (Å²) in [7, 11) is 0. The predicted molar refractivity (Wildman–Crippen MR) is 150 cm³/mol. The maximum atomic E-state index is 13.3. The second-order valence-corrected chi connectivity index (χ2v) is 10.4. The summed E-state index contributed by atoms with van der Waals surface area (Å²) in [6, 6.07) is 2.56. The first kappa shape index (κ1) is 30.7. The quantitative estimate of drug-likeness (QED) is 0.119. The number of aliphatic hydroxyl groups is 1. The summed E-state index contributed by atoms with van der Waals surface area (Å²) in [6.07, 6.45) is 5.44. The number of aliphatic hydroxyl groups excluding tert-OH is 1. The zero-order valence-electron chi connectivity index (χ0n) is 22.2. The van der Waals surface area contributed by atoms with Gasteiger partial charge in [-0.3, -0.25) is 14.4 Å². The van der Waals surface area contributed by atoms with Crippen LogP contribution in [0, 0.1) is 0 Å². The van der Waals surface area contributed by atoms with E-state index in [0.29, 0.717) is 23.4 Å². The monoisotopic (exact) mass is 573 g/mol. The van der Waals surface area contributed by atoms with Crippen molar-refractivity contribution >= 4 is 46.4 Å². The van der Waals surface area contributed by atoms with Gasteiger partial charge in [-0.05, 0) is 37.0 Å². The molecule has 0 bridgehead atoms. The molecule has 0 aliphatic carbocycles. The second kappa shape index (κ2) is 14.5. The smallest absolute Gasteiger partial charge is 0.326 e. The number of nitrogens with two attached hydrogens (primary N) is 1. The molecular weight excluding hydrogens is 538 g/mol. The normalized spacial score (nSPS) is 15.0. The fraction of sp³-hybridized carbons (Fsp3) is 0.423. The van der Waals surface area contributed by atoms with E-state index >= 15 is 0 Å². The van der Waals surface area contributed by atoms with Crippen LogP contribution in [0.4, 0.5) is 0 Å². The number of carbonyl (C=O) groups excluding carboxylic acids is 3. The number of carboxylic acids is 1. The van der Waals surface area contributed by atoms with E-state index in [-0.39, 0.29) is 12.8 Å². The number of nitrogens with one attached hydrogen (secondary N) is 5. The van der Waals surface area contributed by atoms with Crippen molar-refractivity contribution in [2.75, 3.05) is 12.0 Å². The van der Waals surface area contributed by atoms with Gasteiger partial charge in [-0.2, -0.15) is 11.8 Å². The number of aromatic nitrogens is 3. The van der Waals surface area contributed by atoms with Crippen LogP contribution in [-0.2, 0) is 32.0 Å². The Balaban J connectivity index is 1.76. The molecule has 40 heavy (non-hydrogen) atoms. The Morgan fingerprint density at radius 1 is 1.02 bits per heavy atom.